The molecule has 1 heterocycles. The Morgan fingerprint density at radius 1 is 1.12 bits per heavy atom. The fourth-order valence-corrected chi connectivity index (χ4v) is 6.53. The fraction of sp³-hybridized carbons (Fsp3) is 0.733. The minimum absolute atomic E-state index is 0.573. The molecule has 0 atom stereocenters. The summed E-state index contributed by atoms with van der Waals surface area (Å²) >= 11 is 7.93. The summed E-state index contributed by atoms with van der Waals surface area (Å²) in [4.78, 5) is 1.66. The van der Waals surface area contributed by atoms with Crippen LogP contribution in [0.3, 0.4) is 0 Å². The summed E-state index contributed by atoms with van der Waals surface area (Å²) < 4.78 is 0. The van der Waals surface area contributed by atoms with Crippen molar-refractivity contribution in [2.24, 2.45) is 17.8 Å². The van der Waals surface area contributed by atoms with E-state index in [9.17, 15) is 0 Å². The van der Waals surface area contributed by atoms with Crippen LogP contribution in [0.4, 0.5) is 0 Å². The van der Waals surface area contributed by atoms with Gasteiger partial charge in [0.05, 0.1) is 0 Å². The van der Waals surface area contributed by atoms with Gasteiger partial charge in [0.2, 0.25) is 0 Å². The molecule has 4 saturated carbocycles. The van der Waals surface area contributed by atoms with E-state index in [0.717, 1.165) is 17.8 Å². The lowest BCUT2D eigenvalue weighted by Gasteiger charge is -2.56. The molecule has 0 nitrogen and oxygen atoms in total. The Balaban J connectivity index is 1.72. The summed E-state index contributed by atoms with van der Waals surface area (Å²) in [7, 11) is 0. The van der Waals surface area contributed by atoms with Crippen molar-refractivity contribution in [2.45, 2.75) is 49.8 Å². The molecule has 0 spiro atoms. The first-order valence-corrected chi connectivity index (χ1v) is 8.33. The summed E-state index contributed by atoms with van der Waals surface area (Å²) in [6.07, 6.45) is 9.02. The number of rotatable bonds is 2. The molecule has 0 unspecified atom stereocenters. The largest absolute Gasteiger partial charge is 0.148 e. The van der Waals surface area contributed by atoms with E-state index in [1.807, 2.05) is 11.3 Å². The minimum atomic E-state index is 0.573. The molecule has 0 aromatic carbocycles. The fourth-order valence-electron chi connectivity index (χ4n) is 5.14. The predicted molar refractivity (Wildman–Crippen MR) is 73.7 cm³/mol. The van der Waals surface area contributed by atoms with Crippen LogP contribution in [0.15, 0.2) is 11.4 Å². The molecule has 5 rings (SSSR count). The van der Waals surface area contributed by atoms with Crippen LogP contribution in [-0.4, -0.2) is 0 Å². The standard InChI is InChI=1S/C15H19ClS/c16-8-13-4-14(17-9-13)15-5-10-1-11(6-15)3-12(2-10)7-15/h4,9-12H,1-3,5-8H2. The quantitative estimate of drug-likeness (QED) is 0.664. The van der Waals surface area contributed by atoms with Gasteiger partial charge in [-0.15, -0.1) is 22.9 Å². The van der Waals surface area contributed by atoms with Crippen LogP contribution in [0.2, 0.25) is 0 Å². The Bertz CT molecular complexity index is 399. The van der Waals surface area contributed by atoms with Crippen molar-refractivity contribution < 1.29 is 0 Å². The topological polar surface area (TPSA) is 0 Å². The normalized spacial score (nSPS) is 43.2. The molecule has 0 saturated heterocycles. The zero-order valence-corrected chi connectivity index (χ0v) is 11.7. The highest BCUT2D eigenvalue weighted by atomic mass is 35.5. The van der Waals surface area contributed by atoms with E-state index in [-0.39, 0.29) is 0 Å². The smallest absolute Gasteiger partial charge is 0.0482 e. The van der Waals surface area contributed by atoms with Gasteiger partial charge in [0.15, 0.2) is 0 Å². The van der Waals surface area contributed by atoms with Crippen LogP contribution in [-0.2, 0) is 11.3 Å². The summed E-state index contributed by atoms with van der Waals surface area (Å²) in [5.41, 5.74) is 1.91. The third kappa shape index (κ3) is 1.62. The molecule has 0 aliphatic heterocycles. The van der Waals surface area contributed by atoms with Gasteiger partial charge in [0.25, 0.3) is 0 Å². The molecule has 0 radical (unpaired) electrons. The van der Waals surface area contributed by atoms with E-state index >= 15 is 0 Å². The molecule has 4 bridgehead atoms. The van der Waals surface area contributed by atoms with Gasteiger partial charge in [-0.1, -0.05) is 0 Å². The number of alkyl halides is 1. The van der Waals surface area contributed by atoms with Crippen molar-refractivity contribution in [3.05, 3.63) is 21.9 Å². The lowest BCUT2D eigenvalue weighted by molar-refractivity contribution is -0.00348. The van der Waals surface area contributed by atoms with Crippen LogP contribution >= 0.6 is 22.9 Å². The van der Waals surface area contributed by atoms with Gasteiger partial charge in [-0.05, 0) is 73.3 Å². The predicted octanol–water partition coefficient (Wildman–Crippen LogP) is 4.95. The number of thiophene rings is 1. The average molecular weight is 267 g/mol. The Kier molecular flexibility index (Phi) is 2.39. The van der Waals surface area contributed by atoms with Gasteiger partial charge >= 0.3 is 0 Å². The first kappa shape index (κ1) is 10.9. The van der Waals surface area contributed by atoms with Gasteiger partial charge < -0.3 is 0 Å². The zero-order chi connectivity index (χ0) is 11.5. The van der Waals surface area contributed by atoms with Crippen molar-refractivity contribution in [1.29, 1.82) is 0 Å². The number of hydrogen-bond acceptors (Lipinski definition) is 1. The monoisotopic (exact) mass is 266 g/mol. The maximum atomic E-state index is 5.95. The molecule has 4 aliphatic rings. The maximum absolute atomic E-state index is 5.95. The Hall–Kier alpha value is -0.0100. The second-order valence-corrected chi connectivity index (χ2v) is 7.83. The molecule has 2 heteroatoms. The Labute approximate surface area is 112 Å². The van der Waals surface area contributed by atoms with Crippen LogP contribution in [0.1, 0.15) is 49.0 Å². The summed E-state index contributed by atoms with van der Waals surface area (Å²) in [5.74, 6) is 3.82. The molecule has 0 N–H and O–H groups in total. The number of halogens is 1. The third-order valence-electron chi connectivity index (χ3n) is 5.37. The summed E-state index contributed by atoms with van der Waals surface area (Å²) in [6, 6.07) is 2.41. The first-order valence-electron chi connectivity index (χ1n) is 6.91. The highest BCUT2D eigenvalue weighted by molar-refractivity contribution is 7.10. The summed E-state index contributed by atoms with van der Waals surface area (Å²) in [6.45, 7) is 0. The Morgan fingerprint density at radius 3 is 2.18 bits per heavy atom. The van der Waals surface area contributed by atoms with Crippen molar-refractivity contribution >= 4 is 22.9 Å². The SMILES string of the molecule is ClCc1csc(C23CC4CC(CC(C4)C2)C3)c1. The molecule has 92 valence electrons. The van der Waals surface area contributed by atoms with E-state index in [0.29, 0.717) is 11.3 Å². The molecular formula is C15H19ClS. The lowest BCUT2D eigenvalue weighted by atomic mass is 9.49. The molecule has 1 aromatic heterocycles. The molecule has 0 amide bonds. The van der Waals surface area contributed by atoms with Crippen LogP contribution in [0.25, 0.3) is 0 Å². The van der Waals surface area contributed by atoms with Gasteiger partial charge in [-0.3, -0.25) is 0 Å². The first-order chi connectivity index (χ1) is 8.27. The average Bonchev–Trinajstić information content (AvgIpc) is 2.76. The van der Waals surface area contributed by atoms with Crippen molar-refractivity contribution in [3.63, 3.8) is 0 Å². The molecular weight excluding hydrogens is 248 g/mol. The summed E-state index contributed by atoms with van der Waals surface area (Å²) in [5, 5.41) is 2.28. The maximum Gasteiger partial charge on any atom is 0.0482 e. The molecule has 4 aliphatic carbocycles. The van der Waals surface area contributed by atoms with Gasteiger partial charge in [-0.2, -0.15) is 0 Å². The van der Waals surface area contributed by atoms with Crippen molar-refractivity contribution in [1.82, 2.24) is 0 Å². The van der Waals surface area contributed by atoms with Crippen LogP contribution < -0.4 is 0 Å². The molecule has 1 aromatic rings. The molecule has 4 fully saturated rings. The Morgan fingerprint density at radius 2 is 1.71 bits per heavy atom. The highest BCUT2D eigenvalue weighted by Crippen LogP contribution is 2.61. The van der Waals surface area contributed by atoms with Crippen molar-refractivity contribution in [3.8, 4) is 0 Å². The lowest BCUT2D eigenvalue weighted by Crippen LogP contribution is -2.48. The van der Waals surface area contributed by atoms with Gasteiger partial charge in [-0.25, -0.2) is 0 Å². The van der Waals surface area contributed by atoms with Crippen LogP contribution in [0.5, 0.6) is 0 Å². The second-order valence-electron chi connectivity index (χ2n) is 6.65. The third-order valence-corrected chi connectivity index (χ3v) is 6.90. The van der Waals surface area contributed by atoms with E-state index in [4.69, 9.17) is 11.6 Å². The van der Waals surface area contributed by atoms with E-state index in [2.05, 4.69) is 11.4 Å². The van der Waals surface area contributed by atoms with Crippen LogP contribution in [0, 0.1) is 17.8 Å². The van der Waals surface area contributed by atoms with E-state index < -0.39 is 0 Å². The molecule has 17 heavy (non-hydrogen) atoms. The van der Waals surface area contributed by atoms with E-state index in [1.165, 1.54) is 44.1 Å². The minimum Gasteiger partial charge on any atom is -0.148 e. The van der Waals surface area contributed by atoms with Gasteiger partial charge in [0.1, 0.15) is 0 Å². The van der Waals surface area contributed by atoms with Gasteiger partial charge in [0, 0.05) is 16.2 Å². The number of hydrogen-bond donors (Lipinski definition) is 0. The highest BCUT2D eigenvalue weighted by Gasteiger charge is 2.52. The van der Waals surface area contributed by atoms with E-state index in [1.54, 1.807) is 4.88 Å². The zero-order valence-electron chi connectivity index (χ0n) is 10.1. The van der Waals surface area contributed by atoms with Crippen molar-refractivity contribution in [2.75, 3.05) is 0 Å². The second kappa shape index (κ2) is 3.74.